The molecule has 0 fully saturated rings. The number of benzene rings is 2. The molecular formula is C27H35BN3O6P. The molecule has 0 aromatic heterocycles. The third kappa shape index (κ3) is 8.03. The van der Waals surface area contributed by atoms with Gasteiger partial charge >= 0.3 is 180 Å². The molecule has 2 aromatic rings. The molecule has 3 rings (SSSR count). The topological polar surface area (TPSA) is 115 Å². The predicted octanol–water partition coefficient (Wildman–Crippen LogP) is 3.81. The van der Waals surface area contributed by atoms with Gasteiger partial charge in [0.25, 0.3) is 0 Å². The predicted molar refractivity (Wildman–Crippen MR) is 149 cm³/mol. The minimum atomic E-state index is -0.603. The summed E-state index contributed by atoms with van der Waals surface area (Å²) in [6.07, 6.45) is 2.28. The third-order valence-corrected chi connectivity index (χ3v) is 6.57. The van der Waals surface area contributed by atoms with Gasteiger partial charge in [0, 0.05) is 20.8 Å². The molecule has 2 aromatic carbocycles. The van der Waals surface area contributed by atoms with E-state index in [2.05, 4.69) is 30.7 Å². The fourth-order valence-electron chi connectivity index (χ4n) is 4.66. The Kier molecular flexibility index (Phi) is 12.1. The second kappa shape index (κ2) is 15.5. The number of rotatable bonds is 15. The zero-order chi connectivity index (χ0) is 27.3. The molecule has 2 amide bonds. The van der Waals surface area contributed by atoms with Crippen molar-refractivity contribution in [1.82, 2.24) is 10.5 Å². The van der Waals surface area contributed by atoms with Crippen LogP contribution in [0.1, 0.15) is 58.6 Å². The van der Waals surface area contributed by atoms with Crippen LogP contribution in [0.25, 0.3) is 11.1 Å². The Hall–Kier alpha value is -2.94. The number of ketones is 1. The van der Waals surface area contributed by atoms with Crippen LogP contribution in [0.4, 0.5) is 4.79 Å². The molecule has 2 unspecified atom stereocenters. The van der Waals surface area contributed by atoms with E-state index in [9.17, 15) is 14.4 Å². The second-order valence-electron chi connectivity index (χ2n) is 8.98. The van der Waals surface area contributed by atoms with Crippen LogP contribution in [0.5, 0.6) is 0 Å². The number of nitrogens with one attached hydrogen (secondary N) is 2. The van der Waals surface area contributed by atoms with Gasteiger partial charge in [-0.1, -0.05) is 0 Å². The Bertz CT molecular complexity index is 1160. The number of ether oxygens (including phenoxy) is 3. The van der Waals surface area contributed by atoms with E-state index < -0.39 is 6.09 Å². The average Bonchev–Trinajstić information content (AvgIpc) is 3.23. The number of carbonyl (C=O) groups excluding carboxylic acids is 3. The van der Waals surface area contributed by atoms with Crippen LogP contribution in [0, 0.1) is 0 Å². The Morgan fingerprint density at radius 1 is 1.03 bits per heavy atom. The number of fused-ring (bicyclic) bond motifs is 3. The van der Waals surface area contributed by atoms with Gasteiger partial charge in [0.1, 0.15) is 0 Å². The van der Waals surface area contributed by atoms with E-state index in [0.717, 1.165) is 34.2 Å². The quantitative estimate of drug-likeness (QED) is 0.154. The molecule has 0 radical (unpaired) electrons. The molecular weight excluding hydrogens is 504 g/mol. The first-order valence-corrected chi connectivity index (χ1v) is 13.2. The number of methoxy groups -OCH3 is 2. The van der Waals surface area contributed by atoms with Gasteiger partial charge in [-0.25, -0.2) is 0 Å². The average molecular weight is 539 g/mol. The van der Waals surface area contributed by atoms with Crippen molar-refractivity contribution in [2.24, 2.45) is 4.67 Å². The first-order chi connectivity index (χ1) is 18.5. The molecule has 1 aliphatic rings. The molecule has 2 N–H and O–H groups in total. The van der Waals surface area contributed by atoms with E-state index in [1.54, 1.807) is 14.2 Å². The van der Waals surface area contributed by atoms with Crippen LogP contribution in [-0.2, 0) is 25.4 Å². The number of aryl methyl sites for hydroxylation is 1. The zero-order valence-electron chi connectivity index (χ0n) is 22.0. The number of nitrogens with zero attached hydrogens (tertiary/aromatic N) is 1. The molecule has 0 saturated carbocycles. The zero-order valence-corrected chi connectivity index (χ0v) is 23.1. The maximum atomic E-state index is 13.1. The Morgan fingerprint density at radius 2 is 1.84 bits per heavy atom. The van der Waals surface area contributed by atoms with Crippen LogP contribution < -0.4 is 10.5 Å². The van der Waals surface area contributed by atoms with Gasteiger partial charge in [0.2, 0.25) is 0 Å². The van der Waals surface area contributed by atoms with Gasteiger partial charge in [-0.05, 0) is 0 Å². The maximum absolute atomic E-state index is 13.1. The Labute approximate surface area is 226 Å². The summed E-state index contributed by atoms with van der Waals surface area (Å²) < 4.78 is 19.2. The summed E-state index contributed by atoms with van der Waals surface area (Å²) in [4.78, 5) is 37.3. The van der Waals surface area contributed by atoms with Crippen LogP contribution in [0.3, 0.4) is 0 Å². The van der Waals surface area contributed by atoms with Crippen molar-refractivity contribution >= 4 is 34.4 Å². The summed E-state index contributed by atoms with van der Waals surface area (Å²) in [5.41, 5.74) is 5.58. The normalized spacial score (nSPS) is 13.5. The van der Waals surface area contributed by atoms with E-state index in [4.69, 9.17) is 14.2 Å². The molecule has 9 nitrogen and oxygen atoms in total. The Balaban J connectivity index is 1.83. The molecule has 0 saturated heterocycles. The van der Waals surface area contributed by atoms with Crippen LogP contribution in [-0.4, -0.2) is 65.6 Å². The number of amides is 2. The molecule has 11 heteroatoms. The van der Waals surface area contributed by atoms with Gasteiger partial charge in [-0.2, -0.15) is 0 Å². The van der Waals surface area contributed by atoms with Crippen LogP contribution >= 0.6 is 9.39 Å². The molecule has 1 aliphatic carbocycles. The van der Waals surface area contributed by atoms with E-state index in [-0.39, 0.29) is 24.2 Å². The number of Topliss-reactive ketones (excluding diaryl/α,β-unsaturated/α-hetero) is 1. The number of carbonyl (C=O) groups is 3. The van der Waals surface area contributed by atoms with E-state index >= 15 is 0 Å². The van der Waals surface area contributed by atoms with Gasteiger partial charge in [0.05, 0.1) is 6.61 Å². The summed E-state index contributed by atoms with van der Waals surface area (Å²) in [7, 11) is 6.60. The van der Waals surface area contributed by atoms with E-state index in [1.807, 2.05) is 30.3 Å². The molecule has 0 bridgehead atoms. The van der Waals surface area contributed by atoms with Crippen molar-refractivity contribution in [2.45, 2.75) is 38.0 Å². The first kappa shape index (κ1) is 29.6. The monoisotopic (exact) mass is 539 g/mol. The summed E-state index contributed by atoms with van der Waals surface area (Å²) in [5, 5.41) is 5.28. The van der Waals surface area contributed by atoms with E-state index in [1.165, 1.54) is 7.21 Å². The second-order valence-corrected chi connectivity index (χ2v) is 9.28. The molecule has 0 aliphatic heterocycles. The molecule has 38 heavy (non-hydrogen) atoms. The number of hydrogen-bond acceptors (Lipinski definition) is 7. The molecule has 202 valence electrons. The van der Waals surface area contributed by atoms with Crippen LogP contribution in [0.2, 0.25) is 0 Å². The fraction of sp³-hybridized carbons (Fsp3) is 0.444. The van der Waals surface area contributed by atoms with Crippen molar-refractivity contribution in [3.63, 3.8) is 0 Å². The molecule has 0 heterocycles. The molecule has 0 spiro atoms. The summed E-state index contributed by atoms with van der Waals surface area (Å²) >= 11 is 0. The number of hydrogen-bond donors (Lipinski definition) is 2. The summed E-state index contributed by atoms with van der Waals surface area (Å²) in [6, 6.07) is 11.9. The summed E-state index contributed by atoms with van der Waals surface area (Å²) in [6.45, 7) is 1.62. The molecule has 2 atom stereocenters. The van der Waals surface area contributed by atoms with Crippen molar-refractivity contribution in [1.29, 1.82) is 0 Å². The summed E-state index contributed by atoms with van der Waals surface area (Å²) in [5.74, 6) is -0.161. The van der Waals surface area contributed by atoms with Crippen molar-refractivity contribution in [3.05, 3.63) is 58.7 Å². The standard InChI is InChI=1S/C27H35BN3O6P/c1-35-14-5-9-24(32)21-8-4-7-19-23(17-37-27(34)30-28-31-38)22-16-18(11-12-20(22)26(19)21)6-3-10-25(33)29-13-15-36-2/h4,7-8,11-12,16,23H,3,5-6,9-10,13-15,17,38H2,1-2H3,(H,29,33)(H,30,34). The van der Waals surface area contributed by atoms with Gasteiger partial charge in [-0.15, -0.1) is 0 Å². The van der Waals surface area contributed by atoms with Gasteiger partial charge in [0.15, 0.2) is 0 Å². The van der Waals surface area contributed by atoms with E-state index in [0.29, 0.717) is 51.0 Å². The first-order valence-electron chi connectivity index (χ1n) is 12.7. The van der Waals surface area contributed by atoms with Crippen molar-refractivity contribution in [2.75, 3.05) is 40.6 Å². The Morgan fingerprint density at radius 3 is 2.61 bits per heavy atom. The SMILES string of the molecule is COCCCC(=O)c1cccc2c1-c1ccc(CCCC(=O)NCCOC)cc1C2COC(=O)NB=NP. The van der Waals surface area contributed by atoms with Crippen molar-refractivity contribution in [3.8, 4) is 11.1 Å². The van der Waals surface area contributed by atoms with Gasteiger partial charge < -0.3 is 14.8 Å². The fourth-order valence-corrected chi connectivity index (χ4v) is 4.74. The minimum absolute atomic E-state index is 0.00134. The van der Waals surface area contributed by atoms with Crippen LogP contribution in [0.15, 0.2) is 41.1 Å². The van der Waals surface area contributed by atoms with Gasteiger partial charge in [-0.3, -0.25) is 4.79 Å². The third-order valence-electron chi connectivity index (χ3n) is 6.42. The van der Waals surface area contributed by atoms with Crippen molar-refractivity contribution < 1.29 is 28.6 Å².